The number of hydrogen-bond donors (Lipinski definition) is 2. The summed E-state index contributed by atoms with van der Waals surface area (Å²) in [6.45, 7) is 0.876. The maximum absolute atomic E-state index is 12.9. The van der Waals surface area contributed by atoms with Crippen LogP contribution in [0.2, 0.25) is 0 Å². The van der Waals surface area contributed by atoms with Crippen LogP contribution in [0.1, 0.15) is 44.7 Å². The smallest absolute Gasteiger partial charge is 0.198 e. The van der Waals surface area contributed by atoms with Crippen LogP contribution >= 0.6 is 0 Å². The third kappa shape index (κ3) is 3.59. The molecule has 0 amide bonds. The molecule has 0 saturated carbocycles. The SMILES string of the molecule is Nc1c(OCCCCOc2ccccc2)cc(O)c2c1C(=O)c1ccccc1C2=O. The monoisotopic (exact) mass is 403 g/mol. The Kier molecular flexibility index (Phi) is 5.39. The van der Waals surface area contributed by atoms with Crippen molar-refractivity contribution in [2.24, 2.45) is 0 Å². The lowest BCUT2D eigenvalue weighted by molar-refractivity contribution is 0.0977. The molecule has 6 nitrogen and oxygen atoms in total. The Morgan fingerprint density at radius 2 is 1.33 bits per heavy atom. The lowest BCUT2D eigenvalue weighted by atomic mass is 9.82. The normalized spacial score (nSPS) is 12.3. The summed E-state index contributed by atoms with van der Waals surface area (Å²) in [6.07, 6.45) is 1.45. The molecule has 3 aromatic carbocycles. The number of ketones is 2. The number of rotatable bonds is 7. The van der Waals surface area contributed by atoms with Crippen LogP contribution in [0, 0.1) is 0 Å². The third-order valence-corrected chi connectivity index (χ3v) is 4.99. The van der Waals surface area contributed by atoms with E-state index in [9.17, 15) is 14.7 Å². The van der Waals surface area contributed by atoms with Crippen LogP contribution in [-0.4, -0.2) is 29.9 Å². The first kappa shape index (κ1) is 19.5. The van der Waals surface area contributed by atoms with E-state index in [0.717, 1.165) is 12.2 Å². The molecule has 0 atom stereocenters. The molecular weight excluding hydrogens is 382 g/mol. The number of para-hydroxylation sites is 1. The molecule has 0 aromatic heterocycles. The van der Waals surface area contributed by atoms with E-state index in [1.807, 2.05) is 30.3 Å². The fourth-order valence-electron chi connectivity index (χ4n) is 3.49. The Hall–Kier alpha value is -3.80. The van der Waals surface area contributed by atoms with Crippen LogP contribution in [0.3, 0.4) is 0 Å². The minimum absolute atomic E-state index is 0.00103. The van der Waals surface area contributed by atoms with Crippen molar-refractivity contribution in [1.82, 2.24) is 0 Å². The van der Waals surface area contributed by atoms with Gasteiger partial charge in [0, 0.05) is 17.2 Å². The molecule has 1 aliphatic rings. The Morgan fingerprint density at radius 3 is 2.00 bits per heavy atom. The molecule has 152 valence electrons. The quantitative estimate of drug-likeness (QED) is 0.275. The Bertz CT molecular complexity index is 1110. The van der Waals surface area contributed by atoms with Crippen LogP contribution in [0.5, 0.6) is 17.2 Å². The third-order valence-electron chi connectivity index (χ3n) is 4.99. The highest BCUT2D eigenvalue weighted by atomic mass is 16.5. The molecule has 3 aromatic rings. The Morgan fingerprint density at radius 1 is 0.767 bits per heavy atom. The van der Waals surface area contributed by atoms with Crippen molar-refractivity contribution < 1.29 is 24.2 Å². The van der Waals surface area contributed by atoms with Gasteiger partial charge in [-0.1, -0.05) is 42.5 Å². The molecule has 1 aliphatic carbocycles. The van der Waals surface area contributed by atoms with E-state index in [0.29, 0.717) is 19.6 Å². The van der Waals surface area contributed by atoms with Crippen molar-refractivity contribution in [3.8, 4) is 17.2 Å². The fourth-order valence-corrected chi connectivity index (χ4v) is 3.49. The van der Waals surface area contributed by atoms with Gasteiger partial charge in [0.15, 0.2) is 11.6 Å². The van der Waals surface area contributed by atoms with E-state index < -0.39 is 11.6 Å². The number of ether oxygens (including phenoxy) is 2. The molecule has 0 unspecified atom stereocenters. The predicted octanol–water partition coefficient (Wildman–Crippen LogP) is 3.99. The molecule has 0 heterocycles. The number of carbonyl (C=O) groups is 2. The van der Waals surface area contributed by atoms with Gasteiger partial charge in [-0.15, -0.1) is 0 Å². The molecule has 0 spiro atoms. The number of fused-ring (bicyclic) bond motifs is 2. The van der Waals surface area contributed by atoms with Crippen molar-refractivity contribution in [3.63, 3.8) is 0 Å². The molecule has 30 heavy (non-hydrogen) atoms. The van der Waals surface area contributed by atoms with Gasteiger partial charge in [-0.25, -0.2) is 0 Å². The molecule has 0 bridgehead atoms. The van der Waals surface area contributed by atoms with Crippen LogP contribution < -0.4 is 15.2 Å². The summed E-state index contributed by atoms with van der Waals surface area (Å²) in [5, 5.41) is 10.4. The Labute approximate surface area is 173 Å². The topological polar surface area (TPSA) is 98.8 Å². The van der Waals surface area contributed by atoms with E-state index in [4.69, 9.17) is 15.2 Å². The molecular formula is C24H21NO5. The molecule has 4 rings (SSSR count). The molecule has 0 fully saturated rings. The van der Waals surface area contributed by atoms with Crippen LogP contribution in [0.25, 0.3) is 0 Å². The highest BCUT2D eigenvalue weighted by Gasteiger charge is 2.35. The zero-order valence-electron chi connectivity index (χ0n) is 16.3. The zero-order valence-corrected chi connectivity index (χ0v) is 16.3. The number of anilines is 1. The first-order chi connectivity index (χ1) is 14.6. The van der Waals surface area contributed by atoms with Gasteiger partial charge < -0.3 is 20.3 Å². The van der Waals surface area contributed by atoms with Gasteiger partial charge in [0.05, 0.1) is 30.0 Å². The number of phenols is 1. The number of aromatic hydroxyl groups is 1. The van der Waals surface area contributed by atoms with Gasteiger partial charge in [0.1, 0.15) is 17.2 Å². The summed E-state index contributed by atoms with van der Waals surface area (Å²) in [5.41, 5.74) is 6.70. The standard InChI is InChI=1S/C24H21NO5/c25-22-19(30-13-7-6-12-29-15-8-2-1-3-9-15)14-18(26)20-21(22)24(28)17-11-5-4-10-16(17)23(20)27/h1-5,8-11,14,26H,6-7,12-13,25H2. The van der Waals surface area contributed by atoms with Crippen molar-refractivity contribution >= 4 is 17.3 Å². The maximum atomic E-state index is 12.9. The second-order valence-corrected chi connectivity index (χ2v) is 6.98. The van der Waals surface area contributed by atoms with Gasteiger partial charge in [-0.2, -0.15) is 0 Å². The highest BCUT2D eigenvalue weighted by molar-refractivity contribution is 6.31. The number of phenolic OH excluding ortho intramolecular Hbond substituents is 1. The van der Waals surface area contributed by atoms with E-state index in [1.165, 1.54) is 6.07 Å². The maximum Gasteiger partial charge on any atom is 0.198 e. The summed E-state index contributed by atoms with van der Waals surface area (Å²) >= 11 is 0. The molecule has 0 saturated heterocycles. The summed E-state index contributed by atoms with van der Waals surface area (Å²) in [7, 11) is 0. The van der Waals surface area contributed by atoms with Gasteiger partial charge in [-0.05, 0) is 25.0 Å². The summed E-state index contributed by atoms with van der Waals surface area (Å²) in [5.74, 6) is -0.125. The van der Waals surface area contributed by atoms with Crippen molar-refractivity contribution in [1.29, 1.82) is 0 Å². The predicted molar refractivity (Wildman–Crippen MR) is 112 cm³/mol. The van der Waals surface area contributed by atoms with E-state index in [2.05, 4.69) is 0 Å². The minimum Gasteiger partial charge on any atom is -0.507 e. The van der Waals surface area contributed by atoms with Crippen LogP contribution in [-0.2, 0) is 0 Å². The zero-order chi connectivity index (χ0) is 21.1. The van der Waals surface area contributed by atoms with Crippen molar-refractivity contribution in [2.45, 2.75) is 12.8 Å². The summed E-state index contributed by atoms with van der Waals surface area (Å²) in [6, 6.07) is 17.3. The number of carbonyl (C=O) groups excluding carboxylic acids is 2. The largest absolute Gasteiger partial charge is 0.507 e. The van der Waals surface area contributed by atoms with Gasteiger partial charge in [0.2, 0.25) is 0 Å². The van der Waals surface area contributed by atoms with Gasteiger partial charge >= 0.3 is 0 Å². The molecule has 0 aliphatic heterocycles. The molecule has 6 heteroatoms. The highest BCUT2D eigenvalue weighted by Crippen LogP contribution is 2.41. The van der Waals surface area contributed by atoms with Crippen LogP contribution in [0.15, 0.2) is 60.7 Å². The van der Waals surface area contributed by atoms with Crippen LogP contribution in [0.4, 0.5) is 5.69 Å². The van der Waals surface area contributed by atoms with E-state index in [1.54, 1.807) is 24.3 Å². The Balaban J connectivity index is 1.44. The van der Waals surface area contributed by atoms with Crippen molar-refractivity contribution in [3.05, 3.63) is 82.9 Å². The number of hydrogen-bond acceptors (Lipinski definition) is 6. The molecule has 3 N–H and O–H groups in total. The summed E-state index contributed by atoms with van der Waals surface area (Å²) < 4.78 is 11.3. The summed E-state index contributed by atoms with van der Waals surface area (Å²) in [4.78, 5) is 25.7. The minimum atomic E-state index is -0.422. The first-order valence-electron chi connectivity index (χ1n) is 9.72. The second-order valence-electron chi connectivity index (χ2n) is 6.98. The van der Waals surface area contributed by atoms with E-state index in [-0.39, 0.29) is 39.4 Å². The lowest BCUT2D eigenvalue weighted by Gasteiger charge is -2.21. The first-order valence-corrected chi connectivity index (χ1v) is 9.72. The van der Waals surface area contributed by atoms with Crippen molar-refractivity contribution in [2.75, 3.05) is 18.9 Å². The number of unbranched alkanes of at least 4 members (excludes halogenated alkanes) is 1. The number of nitrogens with two attached hydrogens (primary N) is 1. The average Bonchev–Trinajstić information content (AvgIpc) is 2.77. The van der Waals surface area contributed by atoms with E-state index >= 15 is 0 Å². The van der Waals surface area contributed by atoms with Gasteiger partial charge in [-0.3, -0.25) is 9.59 Å². The number of benzene rings is 3. The average molecular weight is 403 g/mol. The van der Waals surface area contributed by atoms with Gasteiger partial charge in [0.25, 0.3) is 0 Å². The fraction of sp³-hybridized carbons (Fsp3) is 0.167. The lowest BCUT2D eigenvalue weighted by Crippen LogP contribution is -2.23. The molecule has 0 radical (unpaired) electrons. The second kappa shape index (κ2) is 8.29. The number of nitrogen functional groups attached to an aromatic ring is 1.